The molecule has 0 unspecified atom stereocenters. The van der Waals surface area contributed by atoms with E-state index in [1.54, 1.807) is 37.3 Å². The number of thioether (sulfide) groups is 1. The topological polar surface area (TPSA) is 70.1 Å². The van der Waals surface area contributed by atoms with E-state index < -0.39 is 10.0 Å². The number of nitrogens with zero attached hydrogens (tertiary/aromatic N) is 3. The number of rotatable bonds is 5. The van der Waals surface area contributed by atoms with Crippen LogP contribution in [0.4, 0.5) is 0 Å². The summed E-state index contributed by atoms with van der Waals surface area (Å²) in [5.41, 5.74) is 0. The summed E-state index contributed by atoms with van der Waals surface area (Å²) < 4.78 is 29.6. The molecular formula is C15H16BrN3O3S2. The van der Waals surface area contributed by atoms with E-state index in [4.69, 9.17) is 0 Å². The third-order valence-corrected chi connectivity index (χ3v) is 5.80. The van der Waals surface area contributed by atoms with Crippen LogP contribution in [0.15, 0.2) is 61.8 Å². The van der Waals surface area contributed by atoms with Gasteiger partial charge in [-0.05, 0) is 36.0 Å². The fourth-order valence-corrected chi connectivity index (χ4v) is 4.38. The first-order valence-electron chi connectivity index (χ1n) is 6.84. The van der Waals surface area contributed by atoms with Gasteiger partial charge in [-0.25, -0.2) is 0 Å². The Labute approximate surface area is 154 Å². The average molecular weight is 430 g/mol. The second kappa shape index (κ2) is 7.54. The Morgan fingerprint density at radius 1 is 1.33 bits per heavy atom. The molecule has 1 aliphatic rings. The number of carbonyl (C=O) groups excluding carboxylic acids is 1. The Morgan fingerprint density at radius 2 is 1.96 bits per heavy atom. The molecule has 0 bridgehead atoms. The third-order valence-electron chi connectivity index (χ3n) is 2.88. The van der Waals surface area contributed by atoms with Crippen molar-refractivity contribution in [2.45, 2.75) is 4.90 Å². The minimum absolute atomic E-state index is 0.0647. The molecule has 0 radical (unpaired) electrons. The summed E-state index contributed by atoms with van der Waals surface area (Å²) in [5, 5.41) is 0.121. The molecule has 9 heteroatoms. The van der Waals surface area contributed by atoms with Crippen LogP contribution in [-0.2, 0) is 14.8 Å². The minimum Gasteiger partial charge on any atom is -0.382 e. The van der Waals surface area contributed by atoms with Crippen molar-refractivity contribution >= 4 is 48.8 Å². The van der Waals surface area contributed by atoms with Crippen molar-refractivity contribution in [3.05, 3.63) is 52.5 Å². The zero-order valence-electron chi connectivity index (χ0n) is 13.1. The van der Waals surface area contributed by atoms with Crippen LogP contribution >= 0.6 is 27.7 Å². The third kappa shape index (κ3) is 4.28. The highest BCUT2D eigenvalue weighted by molar-refractivity contribution is 9.10. The number of sulfonamides is 1. The zero-order chi connectivity index (χ0) is 17.9. The van der Waals surface area contributed by atoms with Gasteiger partial charge in [-0.3, -0.25) is 9.69 Å². The van der Waals surface area contributed by atoms with Gasteiger partial charge in [0.1, 0.15) is 0 Å². The van der Waals surface area contributed by atoms with Crippen LogP contribution in [0.2, 0.25) is 0 Å². The quantitative estimate of drug-likeness (QED) is 0.531. The number of amidine groups is 1. The highest BCUT2D eigenvalue weighted by atomic mass is 79.9. The maximum atomic E-state index is 12.5. The lowest BCUT2D eigenvalue weighted by Gasteiger charge is -2.12. The molecule has 0 spiro atoms. The van der Waals surface area contributed by atoms with Crippen LogP contribution in [0.5, 0.6) is 0 Å². The number of hydrogen-bond acceptors (Lipinski definition) is 5. The molecule has 2 rings (SSSR count). The number of amides is 1. The second-order valence-electron chi connectivity index (χ2n) is 5.07. The Balaban J connectivity index is 2.43. The number of halogens is 1. The normalized spacial score (nSPS) is 18.5. The number of carbonyl (C=O) groups is 1. The summed E-state index contributed by atoms with van der Waals surface area (Å²) in [6, 6.07) is 6.16. The van der Waals surface area contributed by atoms with E-state index in [1.807, 2.05) is 0 Å². The largest absolute Gasteiger partial charge is 0.382 e. The van der Waals surface area contributed by atoms with Crippen molar-refractivity contribution in [2.24, 2.45) is 4.40 Å². The van der Waals surface area contributed by atoms with Gasteiger partial charge in [0.05, 0.1) is 9.80 Å². The van der Waals surface area contributed by atoms with Gasteiger partial charge >= 0.3 is 0 Å². The molecule has 1 aromatic rings. The first kappa shape index (κ1) is 18.8. The van der Waals surface area contributed by atoms with Crippen LogP contribution in [-0.4, -0.2) is 49.9 Å². The minimum atomic E-state index is -3.91. The molecule has 0 N–H and O–H groups in total. The van der Waals surface area contributed by atoms with Gasteiger partial charge in [0.25, 0.3) is 15.9 Å². The molecule has 0 atom stereocenters. The fraction of sp³-hybridized carbons (Fsp3) is 0.200. The van der Waals surface area contributed by atoms with Gasteiger partial charge in [-0.15, -0.1) is 11.0 Å². The van der Waals surface area contributed by atoms with Gasteiger partial charge in [-0.1, -0.05) is 22.0 Å². The van der Waals surface area contributed by atoms with Crippen molar-refractivity contribution in [3.8, 4) is 0 Å². The lowest BCUT2D eigenvalue weighted by Crippen LogP contribution is -2.30. The Bertz CT molecular complexity index is 815. The fourth-order valence-electron chi connectivity index (χ4n) is 1.85. The van der Waals surface area contributed by atoms with Gasteiger partial charge in [-0.2, -0.15) is 8.42 Å². The van der Waals surface area contributed by atoms with Gasteiger partial charge in [0, 0.05) is 31.3 Å². The van der Waals surface area contributed by atoms with Crippen LogP contribution in [0.1, 0.15) is 0 Å². The van der Waals surface area contributed by atoms with Gasteiger partial charge in [0.2, 0.25) is 0 Å². The average Bonchev–Trinajstić information content (AvgIpc) is 2.75. The highest BCUT2D eigenvalue weighted by Crippen LogP contribution is 2.32. The second-order valence-corrected chi connectivity index (χ2v) is 8.60. The summed E-state index contributed by atoms with van der Waals surface area (Å²) in [6.45, 7) is 3.79. The predicted molar refractivity (Wildman–Crippen MR) is 100 cm³/mol. The van der Waals surface area contributed by atoms with Crippen molar-refractivity contribution in [1.82, 2.24) is 9.80 Å². The summed E-state index contributed by atoms with van der Waals surface area (Å²) in [6.07, 6.45) is 3.16. The molecule has 24 heavy (non-hydrogen) atoms. The van der Waals surface area contributed by atoms with Gasteiger partial charge in [0.15, 0.2) is 5.17 Å². The summed E-state index contributed by atoms with van der Waals surface area (Å²) >= 11 is 4.29. The van der Waals surface area contributed by atoms with Crippen LogP contribution in [0.25, 0.3) is 0 Å². The van der Waals surface area contributed by atoms with E-state index >= 15 is 0 Å². The first-order valence-corrected chi connectivity index (χ1v) is 9.89. The molecule has 1 fully saturated rings. The standard InChI is InChI=1S/C15H16BrN3O3S2/c1-4-9-19-14(20)13(10-18(2)3)23-15(19)17-24(21,22)12-7-5-11(16)6-8-12/h4-8,10H,1,9H2,2-3H3/b13-10+,17-15?. The summed E-state index contributed by atoms with van der Waals surface area (Å²) in [5.74, 6) is -0.293. The molecule has 1 heterocycles. The Morgan fingerprint density at radius 3 is 2.50 bits per heavy atom. The van der Waals surface area contributed by atoms with Crippen molar-refractivity contribution < 1.29 is 13.2 Å². The van der Waals surface area contributed by atoms with Crippen molar-refractivity contribution in [1.29, 1.82) is 0 Å². The van der Waals surface area contributed by atoms with Crippen LogP contribution in [0.3, 0.4) is 0 Å². The van der Waals surface area contributed by atoms with Gasteiger partial charge < -0.3 is 4.90 Å². The smallest absolute Gasteiger partial charge is 0.284 e. The molecule has 1 aliphatic heterocycles. The lowest BCUT2D eigenvalue weighted by molar-refractivity contribution is -0.121. The zero-order valence-corrected chi connectivity index (χ0v) is 16.4. The molecule has 0 saturated carbocycles. The highest BCUT2D eigenvalue weighted by Gasteiger charge is 2.34. The van der Waals surface area contributed by atoms with E-state index in [1.165, 1.54) is 23.1 Å². The van der Waals surface area contributed by atoms with E-state index in [9.17, 15) is 13.2 Å². The van der Waals surface area contributed by atoms with E-state index in [-0.39, 0.29) is 22.5 Å². The Kier molecular flexibility index (Phi) is 5.89. The van der Waals surface area contributed by atoms with Crippen molar-refractivity contribution in [3.63, 3.8) is 0 Å². The van der Waals surface area contributed by atoms with E-state index in [0.29, 0.717) is 4.91 Å². The van der Waals surface area contributed by atoms with Crippen LogP contribution in [0, 0.1) is 0 Å². The van der Waals surface area contributed by atoms with Crippen molar-refractivity contribution in [2.75, 3.05) is 20.6 Å². The van der Waals surface area contributed by atoms with Crippen LogP contribution < -0.4 is 0 Å². The molecule has 0 aromatic heterocycles. The Hall–Kier alpha value is -1.58. The molecule has 128 valence electrons. The lowest BCUT2D eigenvalue weighted by atomic mass is 10.4. The molecule has 1 saturated heterocycles. The summed E-state index contributed by atoms with van der Waals surface area (Å²) in [7, 11) is -0.341. The maximum Gasteiger partial charge on any atom is 0.284 e. The number of hydrogen-bond donors (Lipinski definition) is 0. The SMILES string of the molecule is C=CCN1C(=O)/C(=C\N(C)C)SC1=NS(=O)(=O)c1ccc(Br)cc1. The van der Waals surface area contributed by atoms with E-state index in [2.05, 4.69) is 26.9 Å². The molecule has 6 nitrogen and oxygen atoms in total. The molecule has 1 aromatic carbocycles. The first-order chi connectivity index (χ1) is 11.2. The predicted octanol–water partition coefficient (Wildman–Crippen LogP) is 2.66. The molecule has 0 aliphatic carbocycles. The molecule has 1 amide bonds. The number of benzene rings is 1. The summed E-state index contributed by atoms with van der Waals surface area (Å²) in [4.78, 5) is 15.9. The maximum absolute atomic E-state index is 12.5. The van der Waals surface area contributed by atoms with E-state index in [0.717, 1.165) is 16.2 Å². The monoisotopic (exact) mass is 429 g/mol. The molecular weight excluding hydrogens is 414 g/mol.